The van der Waals surface area contributed by atoms with Gasteiger partial charge >= 0.3 is 0 Å². The number of hydrogen-bond donors (Lipinski definition) is 3. The van der Waals surface area contributed by atoms with Crippen LogP contribution in [0.5, 0.6) is 0 Å². The number of aromatic nitrogens is 2. The number of aromatic amines is 1. The molecule has 0 aliphatic carbocycles. The monoisotopic (exact) mass is 270 g/mol. The minimum Gasteiger partial charge on any atom is -0.398 e. The van der Waals surface area contributed by atoms with Gasteiger partial charge in [-0.3, -0.25) is 9.89 Å². The van der Waals surface area contributed by atoms with E-state index in [1.807, 2.05) is 6.07 Å². The van der Waals surface area contributed by atoms with Crippen molar-refractivity contribution in [2.24, 2.45) is 0 Å². The molecule has 20 heavy (non-hydrogen) atoms. The average molecular weight is 270 g/mol. The Kier molecular flexibility index (Phi) is 2.83. The highest BCUT2D eigenvalue weighted by Gasteiger charge is 2.11. The Labute approximate surface area is 113 Å². The van der Waals surface area contributed by atoms with E-state index >= 15 is 0 Å². The van der Waals surface area contributed by atoms with E-state index in [2.05, 4.69) is 15.5 Å². The maximum atomic E-state index is 13.2. The standard InChI is InChI=1S/C14H11FN4O/c15-9-2-4-12(16)11(5-9)14(20)18-10-3-1-8-7-17-19-13(8)6-10/h1-7H,16H2,(H,17,19)(H,18,20). The number of hydrogen-bond acceptors (Lipinski definition) is 3. The topological polar surface area (TPSA) is 83.8 Å². The van der Waals surface area contributed by atoms with Gasteiger partial charge in [0.25, 0.3) is 5.91 Å². The van der Waals surface area contributed by atoms with Gasteiger partial charge in [0.2, 0.25) is 0 Å². The van der Waals surface area contributed by atoms with Gasteiger partial charge in [0.15, 0.2) is 0 Å². The second-order valence-corrected chi connectivity index (χ2v) is 4.36. The Bertz CT molecular complexity index is 797. The van der Waals surface area contributed by atoms with Crippen molar-refractivity contribution >= 4 is 28.2 Å². The van der Waals surface area contributed by atoms with Crippen LogP contribution in [0.25, 0.3) is 10.9 Å². The van der Waals surface area contributed by atoms with Crippen LogP contribution >= 0.6 is 0 Å². The summed E-state index contributed by atoms with van der Waals surface area (Å²) in [7, 11) is 0. The number of amides is 1. The van der Waals surface area contributed by atoms with Crippen molar-refractivity contribution < 1.29 is 9.18 Å². The van der Waals surface area contributed by atoms with Gasteiger partial charge in [-0.25, -0.2) is 4.39 Å². The fraction of sp³-hybridized carbons (Fsp3) is 0. The van der Waals surface area contributed by atoms with Crippen LogP contribution in [-0.4, -0.2) is 16.1 Å². The number of nitrogens with two attached hydrogens (primary N) is 1. The van der Waals surface area contributed by atoms with E-state index in [9.17, 15) is 9.18 Å². The molecule has 0 atom stereocenters. The second-order valence-electron chi connectivity index (χ2n) is 4.36. The first-order chi connectivity index (χ1) is 9.63. The van der Waals surface area contributed by atoms with Gasteiger partial charge in [-0.05, 0) is 36.4 Å². The van der Waals surface area contributed by atoms with E-state index in [0.717, 1.165) is 17.0 Å². The first-order valence-electron chi connectivity index (χ1n) is 5.93. The number of carbonyl (C=O) groups excluding carboxylic acids is 1. The number of anilines is 2. The third-order valence-electron chi connectivity index (χ3n) is 2.96. The number of fused-ring (bicyclic) bond motifs is 1. The Morgan fingerprint density at radius 1 is 1.25 bits per heavy atom. The van der Waals surface area contributed by atoms with Gasteiger partial charge < -0.3 is 11.1 Å². The summed E-state index contributed by atoms with van der Waals surface area (Å²) in [5, 5.41) is 10.3. The zero-order chi connectivity index (χ0) is 14.1. The molecule has 0 bridgehead atoms. The third-order valence-corrected chi connectivity index (χ3v) is 2.96. The maximum absolute atomic E-state index is 13.2. The molecule has 0 aliphatic heterocycles. The molecule has 3 aromatic rings. The number of nitrogens with zero attached hydrogens (tertiary/aromatic N) is 1. The Balaban J connectivity index is 1.89. The van der Waals surface area contributed by atoms with Crippen LogP contribution in [0, 0.1) is 5.82 Å². The second kappa shape index (κ2) is 4.65. The van der Waals surface area contributed by atoms with Crippen LogP contribution in [-0.2, 0) is 0 Å². The predicted molar refractivity (Wildman–Crippen MR) is 74.9 cm³/mol. The molecular formula is C14H11FN4O. The molecule has 2 aromatic carbocycles. The zero-order valence-corrected chi connectivity index (χ0v) is 10.4. The van der Waals surface area contributed by atoms with Crippen LogP contribution in [0.2, 0.25) is 0 Å². The summed E-state index contributed by atoms with van der Waals surface area (Å²) in [5.41, 5.74) is 7.39. The molecule has 0 radical (unpaired) electrons. The molecule has 0 spiro atoms. The number of benzene rings is 2. The molecule has 4 N–H and O–H groups in total. The normalized spacial score (nSPS) is 10.7. The van der Waals surface area contributed by atoms with E-state index in [4.69, 9.17) is 5.73 Å². The van der Waals surface area contributed by atoms with E-state index in [0.29, 0.717) is 5.69 Å². The quantitative estimate of drug-likeness (QED) is 0.626. The van der Waals surface area contributed by atoms with Crippen molar-refractivity contribution in [1.82, 2.24) is 10.2 Å². The van der Waals surface area contributed by atoms with Crippen LogP contribution in [0.4, 0.5) is 15.8 Å². The van der Waals surface area contributed by atoms with Gasteiger partial charge in [-0.15, -0.1) is 0 Å². The van der Waals surface area contributed by atoms with Crippen LogP contribution in [0.15, 0.2) is 42.6 Å². The van der Waals surface area contributed by atoms with Crippen LogP contribution < -0.4 is 11.1 Å². The van der Waals surface area contributed by atoms with Gasteiger partial charge in [-0.1, -0.05) is 0 Å². The lowest BCUT2D eigenvalue weighted by atomic mass is 10.1. The van der Waals surface area contributed by atoms with Crippen molar-refractivity contribution in [2.75, 3.05) is 11.1 Å². The fourth-order valence-electron chi connectivity index (χ4n) is 1.94. The fourth-order valence-corrected chi connectivity index (χ4v) is 1.94. The Morgan fingerprint density at radius 2 is 2.10 bits per heavy atom. The predicted octanol–water partition coefficient (Wildman–Crippen LogP) is 2.54. The lowest BCUT2D eigenvalue weighted by molar-refractivity contribution is 0.102. The summed E-state index contributed by atoms with van der Waals surface area (Å²) < 4.78 is 13.2. The molecule has 3 rings (SSSR count). The molecule has 1 amide bonds. The maximum Gasteiger partial charge on any atom is 0.257 e. The summed E-state index contributed by atoms with van der Waals surface area (Å²) in [6.07, 6.45) is 1.69. The average Bonchev–Trinajstić information content (AvgIpc) is 2.89. The van der Waals surface area contributed by atoms with Crippen molar-refractivity contribution in [1.29, 1.82) is 0 Å². The van der Waals surface area contributed by atoms with Crippen LogP contribution in [0.3, 0.4) is 0 Å². The summed E-state index contributed by atoms with van der Waals surface area (Å²) in [6.45, 7) is 0. The highest BCUT2D eigenvalue weighted by molar-refractivity contribution is 6.08. The van der Waals surface area contributed by atoms with E-state index in [1.54, 1.807) is 18.3 Å². The third kappa shape index (κ3) is 2.18. The van der Waals surface area contributed by atoms with E-state index in [1.165, 1.54) is 12.1 Å². The first-order valence-corrected chi connectivity index (χ1v) is 5.93. The molecule has 0 aliphatic rings. The SMILES string of the molecule is Nc1ccc(F)cc1C(=O)Nc1ccc2cn[nH]c2c1. The molecule has 1 aromatic heterocycles. The lowest BCUT2D eigenvalue weighted by Crippen LogP contribution is -2.14. The first kappa shape index (κ1) is 12.2. The smallest absolute Gasteiger partial charge is 0.257 e. The summed E-state index contributed by atoms with van der Waals surface area (Å²) in [5.74, 6) is -0.964. The number of carbonyl (C=O) groups is 1. The number of rotatable bonds is 2. The van der Waals surface area contributed by atoms with Gasteiger partial charge in [0, 0.05) is 16.8 Å². The Hall–Kier alpha value is -2.89. The van der Waals surface area contributed by atoms with Crippen molar-refractivity contribution in [3.63, 3.8) is 0 Å². The zero-order valence-electron chi connectivity index (χ0n) is 10.4. The van der Waals surface area contributed by atoms with Crippen molar-refractivity contribution in [2.45, 2.75) is 0 Å². The van der Waals surface area contributed by atoms with Gasteiger partial charge in [-0.2, -0.15) is 5.10 Å². The molecule has 100 valence electrons. The lowest BCUT2D eigenvalue weighted by Gasteiger charge is -2.07. The minimum atomic E-state index is -0.506. The summed E-state index contributed by atoms with van der Waals surface area (Å²) in [4.78, 5) is 12.1. The molecule has 0 fully saturated rings. The molecule has 5 nitrogen and oxygen atoms in total. The Morgan fingerprint density at radius 3 is 2.95 bits per heavy atom. The van der Waals surface area contributed by atoms with Gasteiger partial charge in [0.05, 0.1) is 17.3 Å². The number of halogens is 1. The largest absolute Gasteiger partial charge is 0.398 e. The highest BCUT2D eigenvalue weighted by atomic mass is 19.1. The van der Waals surface area contributed by atoms with E-state index in [-0.39, 0.29) is 11.3 Å². The molecule has 0 unspecified atom stereocenters. The molecule has 6 heteroatoms. The highest BCUT2D eigenvalue weighted by Crippen LogP contribution is 2.19. The molecule has 0 saturated carbocycles. The van der Waals surface area contributed by atoms with Crippen LogP contribution in [0.1, 0.15) is 10.4 Å². The number of nitrogens with one attached hydrogen (secondary N) is 2. The molecule has 0 saturated heterocycles. The van der Waals surface area contributed by atoms with Crippen molar-refractivity contribution in [3.05, 3.63) is 54.0 Å². The summed E-state index contributed by atoms with van der Waals surface area (Å²) in [6, 6.07) is 8.99. The molecular weight excluding hydrogens is 259 g/mol. The van der Waals surface area contributed by atoms with Crippen molar-refractivity contribution in [3.8, 4) is 0 Å². The van der Waals surface area contributed by atoms with Gasteiger partial charge in [0.1, 0.15) is 5.82 Å². The number of nitrogen functional groups attached to an aromatic ring is 1. The minimum absolute atomic E-state index is 0.106. The van der Waals surface area contributed by atoms with E-state index < -0.39 is 11.7 Å². The summed E-state index contributed by atoms with van der Waals surface area (Å²) >= 11 is 0. The molecule has 1 heterocycles. The number of H-pyrrole nitrogens is 1.